The second-order valence-electron chi connectivity index (χ2n) is 5.52. The smallest absolute Gasteiger partial charge is 0.271 e. The number of carbonyl (C=O) groups excluding carboxylic acids is 1. The SMILES string of the molecule is O=C(N/N=C\c1ccc(N2CCOCC2)c(F)c1)c1cccc(Cl)c1. The van der Waals surface area contributed by atoms with Gasteiger partial charge in [0.25, 0.3) is 5.91 Å². The molecule has 1 amide bonds. The Bertz CT molecular complexity index is 792. The molecule has 1 saturated heterocycles. The summed E-state index contributed by atoms with van der Waals surface area (Å²) in [6.45, 7) is 2.52. The van der Waals surface area contributed by atoms with Crippen LogP contribution in [0.1, 0.15) is 15.9 Å². The van der Waals surface area contributed by atoms with Gasteiger partial charge in [-0.3, -0.25) is 4.79 Å². The highest BCUT2D eigenvalue weighted by atomic mass is 35.5. The molecule has 1 heterocycles. The molecule has 1 aliphatic rings. The molecule has 2 aromatic carbocycles. The summed E-state index contributed by atoms with van der Waals surface area (Å²) < 4.78 is 19.6. The van der Waals surface area contributed by atoms with Gasteiger partial charge in [-0.2, -0.15) is 5.10 Å². The number of benzene rings is 2. The standard InChI is InChI=1S/C18H17ClFN3O2/c19-15-3-1-2-14(11-15)18(24)22-21-12-13-4-5-17(16(20)10-13)23-6-8-25-9-7-23/h1-5,10-12H,6-9H2,(H,22,24)/b21-12-. The Labute approximate surface area is 150 Å². The van der Waals surface area contributed by atoms with Crippen LogP contribution in [0.2, 0.25) is 5.02 Å². The van der Waals surface area contributed by atoms with E-state index in [1.165, 1.54) is 12.3 Å². The lowest BCUT2D eigenvalue weighted by Gasteiger charge is -2.29. The minimum absolute atomic E-state index is 0.327. The molecule has 130 valence electrons. The van der Waals surface area contributed by atoms with Crippen LogP contribution < -0.4 is 10.3 Å². The fourth-order valence-corrected chi connectivity index (χ4v) is 2.71. The number of hydrazone groups is 1. The maximum Gasteiger partial charge on any atom is 0.271 e. The molecule has 2 aromatic rings. The highest BCUT2D eigenvalue weighted by molar-refractivity contribution is 6.30. The van der Waals surface area contributed by atoms with Crippen LogP contribution in [0.25, 0.3) is 0 Å². The first kappa shape index (κ1) is 17.4. The van der Waals surface area contributed by atoms with E-state index >= 15 is 0 Å². The maximum absolute atomic E-state index is 14.3. The monoisotopic (exact) mass is 361 g/mol. The largest absolute Gasteiger partial charge is 0.378 e. The zero-order valence-corrected chi connectivity index (χ0v) is 14.2. The number of ether oxygens (including phenoxy) is 1. The van der Waals surface area contributed by atoms with Gasteiger partial charge in [0.2, 0.25) is 0 Å². The van der Waals surface area contributed by atoms with Crippen LogP contribution in [0.3, 0.4) is 0 Å². The Kier molecular flexibility index (Phi) is 5.63. The number of carbonyl (C=O) groups is 1. The first-order valence-corrected chi connectivity index (χ1v) is 8.22. The molecule has 25 heavy (non-hydrogen) atoms. The molecule has 3 rings (SSSR count). The molecule has 0 unspecified atom stereocenters. The lowest BCUT2D eigenvalue weighted by molar-refractivity contribution is 0.0955. The molecule has 1 aliphatic heterocycles. The van der Waals surface area contributed by atoms with Crippen molar-refractivity contribution in [3.05, 3.63) is 64.4 Å². The van der Waals surface area contributed by atoms with E-state index in [1.54, 1.807) is 36.4 Å². The molecule has 0 atom stereocenters. The van der Waals surface area contributed by atoms with Gasteiger partial charge in [-0.15, -0.1) is 0 Å². The predicted octanol–water partition coefficient (Wildman–Crippen LogP) is 3.08. The third-order valence-corrected chi connectivity index (χ3v) is 4.03. The van der Waals surface area contributed by atoms with Crippen LogP contribution in [0, 0.1) is 5.82 Å². The van der Waals surface area contributed by atoms with E-state index in [0.717, 1.165) is 0 Å². The molecule has 0 saturated carbocycles. The molecule has 0 spiro atoms. The van der Waals surface area contributed by atoms with Crippen LogP contribution >= 0.6 is 11.6 Å². The minimum Gasteiger partial charge on any atom is -0.378 e. The van der Waals surface area contributed by atoms with E-state index in [2.05, 4.69) is 10.5 Å². The van der Waals surface area contributed by atoms with Crippen LogP contribution in [0.4, 0.5) is 10.1 Å². The lowest BCUT2D eigenvalue weighted by atomic mass is 10.2. The maximum atomic E-state index is 14.3. The molecule has 0 radical (unpaired) electrons. The highest BCUT2D eigenvalue weighted by Crippen LogP contribution is 2.21. The van der Waals surface area contributed by atoms with Gasteiger partial charge in [0.1, 0.15) is 5.82 Å². The lowest BCUT2D eigenvalue weighted by Crippen LogP contribution is -2.36. The number of nitrogens with zero attached hydrogens (tertiary/aromatic N) is 2. The van der Waals surface area contributed by atoms with Crippen LogP contribution in [-0.4, -0.2) is 38.4 Å². The molecule has 1 fully saturated rings. The summed E-state index contributed by atoms with van der Waals surface area (Å²) in [4.78, 5) is 13.9. The summed E-state index contributed by atoms with van der Waals surface area (Å²) in [6.07, 6.45) is 1.40. The number of hydrogen-bond donors (Lipinski definition) is 1. The van der Waals surface area contributed by atoms with Crippen molar-refractivity contribution in [2.24, 2.45) is 5.10 Å². The van der Waals surface area contributed by atoms with E-state index in [9.17, 15) is 9.18 Å². The molecule has 5 nitrogen and oxygen atoms in total. The highest BCUT2D eigenvalue weighted by Gasteiger charge is 2.15. The van der Waals surface area contributed by atoms with Gasteiger partial charge in [-0.05, 0) is 35.9 Å². The van der Waals surface area contributed by atoms with Crippen molar-refractivity contribution >= 4 is 29.4 Å². The van der Waals surface area contributed by atoms with Gasteiger partial charge in [0, 0.05) is 23.7 Å². The normalized spacial score (nSPS) is 14.7. The molecular formula is C18H17ClFN3O2. The van der Waals surface area contributed by atoms with Gasteiger partial charge in [0.15, 0.2) is 0 Å². The van der Waals surface area contributed by atoms with Crippen molar-refractivity contribution in [3.8, 4) is 0 Å². The van der Waals surface area contributed by atoms with Gasteiger partial charge >= 0.3 is 0 Å². The van der Waals surface area contributed by atoms with Crippen molar-refractivity contribution in [2.75, 3.05) is 31.2 Å². The van der Waals surface area contributed by atoms with Crippen LogP contribution in [0.5, 0.6) is 0 Å². The van der Waals surface area contributed by atoms with Crippen LogP contribution in [-0.2, 0) is 4.74 Å². The fourth-order valence-electron chi connectivity index (χ4n) is 2.52. The van der Waals surface area contributed by atoms with E-state index in [4.69, 9.17) is 16.3 Å². The van der Waals surface area contributed by atoms with Crippen molar-refractivity contribution in [2.45, 2.75) is 0 Å². The number of rotatable bonds is 4. The third kappa shape index (κ3) is 4.55. The van der Waals surface area contributed by atoms with Crippen LogP contribution in [0.15, 0.2) is 47.6 Å². The molecule has 7 heteroatoms. The Morgan fingerprint density at radius 1 is 1.24 bits per heavy atom. The Balaban J connectivity index is 1.63. The average molecular weight is 362 g/mol. The number of nitrogens with one attached hydrogen (secondary N) is 1. The Morgan fingerprint density at radius 2 is 2.04 bits per heavy atom. The first-order valence-electron chi connectivity index (χ1n) is 7.85. The summed E-state index contributed by atoms with van der Waals surface area (Å²) in [5.41, 5.74) is 3.90. The van der Waals surface area contributed by atoms with Crippen molar-refractivity contribution in [1.82, 2.24) is 5.43 Å². The molecule has 0 bridgehead atoms. The number of anilines is 1. The van der Waals surface area contributed by atoms with Gasteiger partial charge in [0.05, 0.1) is 25.1 Å². The summed E-state index contributed by atoms with van der Waals surface area (Å²) in [6, 6.07) is 11.4. The van der Waals surface area contributed by atoms with Gasteiger partial charge in [-0.1, -0.05) is 23.7 Å². The second kappa shape index (κ2) is 8.09. The second-order valence-corrected chi connectivity index (χ2v) is 5.96. The zero-order valence-electron chi connectivity index (χ0n) is 13.4. The van der Waals surface area contributed by atoms with E-state index in [-0.39, 0.29) is 11.7 Å². The summed E-state index contributed by atoms with van der Waals surface area (Å²) >= 11 is 5.84. The van der Waals surface area contributed by atoms with Gasteiger partial charge < -0.3 is 9.64 Å². The summed E-state index contributed by atoms with van der Waals surface area (Å²) in [5.74, 6) is -0.712. The molecule has 0 aliphatic carbocycles. The van der Waals surface area contributed by atoms with E-state index in [1.807, 2.05) is 4.90 Å². The summed E-state index contributed by atoms with van der Waals surface area (Å²) in [7, 11) is 0. The van der Waals surface area contributed by atoms with E-state index < -0.39 is 0 Å². The third-order valence-electron chi connectivity index (χ3n) is 3.79. The quantitative estimate of drug-likeness (QED) is 0.672. The number of morpholine rings is 1. The Morgan fingerprint density at radius 3 is 2.76 bits per heavy atom. The van der Waals surface area contributed by atoms with E-state index in [0.29, 0.717) is 48.1 Å². The van der Waals surface area contributed by atoms with Crippen molar-refractivity contribution in [3.63, 3.8) is 0 Å². The molecular weight excluding hydrogens is 345 g/mol. The minimum atomic E-state index is -0.385. The topological polar surface area (TPSA) is 53.9 Å². The zero-order chi connectivity index (χ0) is 17.6. The molecule has 0 aromatic heterocycles. The first-order chi connectivity index (χ1) is 12.1. The van der Waals surface area contributed by atoms with Gasteiger partial charge in [-0.25, -0.2) is 9.82 Å². The number of hydrogen-bond acceptors (Lipinski definition) is 4. The summed E-state index contributed by atoms with van der Waals surface area (Å²) in [5, 5.41) is 4.33. The van der Waals surface area contributed by atoms with Crippen molar-refractivity contribution < 1.29 is 13.9 Å². The van der Waals surface area contributed by atoms with Crippen molar-refractivity contribution in [1.29, 1.82) is 0 Å². The number of amides is 1. The predicted molar refractivity (Wildman–Crippen MR) is 95.9 cm³/mol. The fraction of sp³-hybridized carbons (Fsp3) is 0.222. The Hall–Kier alpha value is -2.44. The molecule has 1 N–H and O–H groups in total. The number of halogens is 2. The average Bonchev–Trinajstić information content (AvgIpc) is 2.62.